The fraction of sp³-hybridized carbons (Fsp3) is 0.462. The fourth-order valence-corrected chi connectivity index (χ4v) is 4.52. The molecule has 0 heterocycles. The van der Waals surface area contributed by atoms with E-state index in [-0.39, 0.29) is 15.5 Å². The van der Waals surface area contributed by atoms with Crippen molar-refractivity contribution in [2.24, 2.45) is 5.41 Å². The Morgan fingerprint density at radius 2 is 2.10 bits per heavy atom. The summed E-state index contributed by atoms with van der Waals surface area (Å²) in [6, 6.07) is 1.75. The number of hydrogen-bond donors (Lipinski definition) is 1. The van der Waals surface area contributed by atoms with E-state index in [4.69, 9.17) is 10.7 Å². The zero-order valence-corrected chi connectivity index (χ0v) is 14.4. The minimum atomic E-state index is -4.14. The van der Waals surface area contributed by atoms with E-state index in [1.54, 1.807) is 0 Å². The number of hydrogen-bond acceptors (Lipinski definition) is 3. The van der Waals surface area contributed by atoms with Crippen molar-refractivity contribution in [3.8, 4) is 0 Å². The van der Waals surface area contributed by atoms with Crippen LogP contribution in [0.3, 0.4) is 0 Å². The molecule has 1 aliphatic carbocycles. The van der Waals surface area contributed by atoms with Gasteiger partial charge in [-0.25, -0.2) is 12.8 Å². The summed E-state index contributed by atoms with van der Waals surface area (Å²) in [6.07, 6.45) is 3.18. The lowest BCUT2D eigenvalue weighted by Crippen LogP contribution is -2.40. The molecule has 1 fully saturated rings. The average Bonchev–Trinajstić information content (AvgIpc) is 2.34. The molecule has 0 aliphatic heterocycles. The topological polar surface area (TPSA) is 63.2 Å². The lowest BCUT2D eigenvalue weighted by atomic mass is 9.70. The molecule has 21 heavy (non-hydrogen) atoms. The van der Waals surface area contributed by atoms with Gasteiger partial charge >= 0.3 is 0 Å². The van der Waals surface area contributed by atoms with Gasteiger partial charge in [-0.05, 0) is 46.3 Å². The van der Waals surface area contributed by atoms with Crippen LogP contribution in [0, 0.1) is 11.2 Å². The van der Waals surface area contributed by atoms with E-state index in [2.05, 4.69) is 28.2 Å². The molecule has 0 unspecified atom stereocenters. The Bertz CT molecular complexity index is 689. The van der Waals surface area contributed by atoms with Gasteiger partial charge in [0.2, 0.25) is 0 Å². The first kappa shape index (κ1) is 16.7. The minimum Gasteiger partial charge on any atom is -0.351 e. The Hall–Kier alpha value is -0.660. The standard InChI is InChI=1S/C13H14BrClFNO3S/c1-13(3-2-4-13)7-17-12(18)9-5-8(16)6-10(11(9)14)21(15,19)20/h5-6H,2-4,7H2,1H3,(H,17,18). The van der Waals surface area contributed by atoms with E-state index in [0.717, 1.165) is 31.4 Å². The van der Waals surface area contributed by atoms with Gasteiger partial charge in [0, 0.05) is 17.2 Å². The van der Waals surface area contributed by atoms with Crippen molar-refractivity contribution in [3.63, 3.8) is 0 Å². The Morgan fingerprint density at radius 3 is 2.57 bits per heavy atom. The monoisotopic (exact) mass is 397 g/mol. The van der Waals surface area contributed by atoms with Crippen molar-refractivity contribution in [1.82, 2.24) is 5.32 Å². The molecule has 0 saturated heterocycles. The predicted molar refractivity (Wildman–Crippen MR) is 81.4 cm³/mol. The quantitative estimate of drug-likeness (QED) is 0.790. The van der Waals surface area contributed by atoms with Crippen LogP contribution in [-0.4, -0.2) is 20.9 Å². The molecule has 1 N–H and O–H groups in total. The van der Waals surface area contributed by atoms with Crippen LogP contribution in [0.15, 0.2) is 21.5 Å². The molecule has 1 amide bonds. The zero-order chi connectivity index (χ0) is 15.8. The van der Waals surface area contributed by atoms with Crippen LogP contribution < -0.4 is 5.32 Å². The summed E-state index contributed by atoms with van der Waals surface area (Å²) in [5.41, 5.74) is -0.0197. The Morgan fingerprint density at radius 1 is 1.48 bits per heavy atom. The third-order valence-electron chi connectivity index (χ3n) is 3.75. The number of carbonyl (C=O) groups is 1. The third kappa shape index (κ3) is 3.76. The first-order chi connectivity index (χ1) is 9.62. The van der Waals surface area contributed by atoms with E-state index >= 15 is 0 Å². The van der Waals surface area contributed by atoms with E-state index in [0.29, 0.717) is 6.54 Å². The molecule has 116 valence electrons. The summed E-state index contributed by atoms with van der Waals surface area (Å²) < 4.78 is 36.3. The van der Waals surface area contributed by atoms with Gasteiger partial charge in [-0.2, -0.15) is 0 Å². The zero-order valence-electron chi connectivity index (χ0n) is 11.3. The van der Waals surface area contributed by atoms with Crippen LogP contribution in [0.2, 0.25) is 0 Å². The molecule has 1 saturated carbocycles. The summed E-state index contributed by atoms with van der Waals surface area (Å²) in [4.78, 5) is 11.7. The number of amides is 1. The molecule has 0 aromatic heterocycles. The first-order valence-electron chi connectivity index (χ1n) is 6.34. The average molecular weight is 399 g/mol. The molecule has 0 radical (unpaired) electrons. The molecular weight excluding hydrogens is 385 g/mol. The molecule has 4 nitrogen and oxygen atoms in total. The van der Waals surface area contributed by atoms with Crippen LogP contribution in [-0.2, 0) is 9.05 Å². The van der Waals surface area contributed by atoms with Crippen LogP contribution in [0.5, 0.6) is 0 Å². The summed E-state index contributed by atoms with van der Waals surface area (Å²) in [6.45, 7) is 2.53. The fourth-order valence-electron chi connectivity index (χ4n) is 2.25. The molecule has 0 atom stereocenters. The summed E-state index contributed by atoms with van der Waals surface area (Å²) in [7, 11) is 1.09. The lowest BCUT2D eigenvalue weighted by Gasteiger charge is -2.38. The normalized spacial score (nSPS) is 17.1. The number of carbonyl (C=O) groups excluding carboxylic acids is 1. The molecule has 1 aromatic carbocycles. The highest BCUT2D eigenvalue weighted by Gasteiger charge is 2.32. The number of benzene rings is 1. The second kappa shape index (κ2) is 5.85. The summed E-state index contributed by atoms with van der Waals surface area (Å²) in [5, 5.41) is 2.71. The van der Waals surface area contributed by atoms with Gasteiger partial charge in [0.05, 0.1) is 10.0 Å². The van der Waals surface area contributed by atoms with Crippen LogP contribution in [0.1, 0.15) is 36.5 Å². The number of halogens is 3. The highest BCUT2D eigenvalue weighted by atomic mass is 79.9. The first-order valence-corrected chi connectivity index (χ1v) is 9.45. The van der Waals surface area contributed by atoms with Gasteiger partial charge in [-0.1, -0.05) is 13.3 Å². The smallest absolute Gasteiger partial charge is 0.262 e. The molecule has 8 heteroatoms. The molecular formula is C13H14BrClFNO3S. The predicted octanol–water partition coefficient (Wildman–Crippen LogP) is 3.44. The number of nitrogens with one attached hydrogen (secondary N) is 1. The van der Waals surface area contributed by atoms with Gasteiger partial charge < -0.3 is 5.32 Å². The van der Waals surface area contributed by atoms with Crippen molar-refractivity contribution in [3.05, 3.63) is 28.0 Å². The summed E-state index contributed by atoms with van der Waals surface area (Å²) >= 11 is 3.01. The SMILES string of the molecule is CC1(CNC(=O)c2cc(F)cc(S(=O)(=O)Cl)c2Br)CCC1. The van der Waals surface area contributed by atoms with Gasteiger partial charge in [0.15, 0.2) is 0 Å². The lowest BCUT2D eigenvalue weighted by molar-refractivity contribution is 0.0889. The maximum Gasteiger partial charge on any atom is 0.262 e. The van der Waals surface area contributed by atoms with E-state index in [1.807, 2.05) is 0 Å². The molecule has 1 aromatic rings. The highest BCUT2D eigenvalue weighted by Crippen LogP contribution is 2.39. The van der Waals surface area contributed by atoms with Gasteiger partial charge in [0.25, 0.3) is 15.0 Å². The maximum absolute atomic E-state index is 13.5. The molecule has 2 rings (SSSR count). The Balaban J connectivity index is 2.26. The van der Waals surface area contributed by atoms with Crippen LogP contribution in [0.25, 0.3) is 0 Å². The highest BCUT2D eigenvalue weighted by molar-refractivity contribution is 9.10. The van der Waals surface area contributed by atoms with Crippen molar-refractivity contribution < 1.29 is 17.6 Å². The van der Waals surface area contributed by atoms with E-state index < -0.39 is 25.7 Å². The van der Waals surface area contributed by atoms with Crippen molar-refractivity contribution >= 4 is 41.6 Å². The molecule has 1 aliphatic rings. The largest absolute Gasteiger partial charge is 0.351 e. The van der Waals surface area contributed by atoms with Gasteiger partial charge in [-0.15, -0.1) is 0 Å². The molecule has 0 spiro atoms. The number of rotatable bonds is 4. The van der Waals surface area contributed by atoms with E-state index in [1.165, 1.54) is 0 Å². The Labute approximate surface area is 135 Å². The van der Waals surface area contributed by atoms with E-state index in [9.17, 15) is 17.6 Å². The summed E-state index contributed by atoms with van der Waals surface area (Å²) in [5.74, 6) is -1.37. The third-order valence-corrected chi connectivity index (χ3v) is 6.21. The maximum atomic E-state index is 13.5. The van der Waals surface area contributed by atoms with Crippen LogP contribution in [0.4, 0.5) is 4.39 Å². The molecule has 0 bridgehead atoms. The van der Waals surface area contributed by atoms with Crippen LogP contribution >= 0.6 is 26.6 Å². The van der Waals surface area contributed by atoms with Crippen molar-refractivity contribution in [2.75, 3.05) is 6.54 Å². The van der Waals surface area contributed by atoms with Crippen molar-refractivity contribution in [1.29, 1.82) is 0 Å². The van der Waals surface area contributed by atoms with Crippen molar-refractivity contribution in [2.45, 2.75) is 31.1 Å². The second-order valence-corrected chi connectivity index (χ2v) is 8.88. The second-order valence-electron chi connectivity index (χ2n) is 5.55. The van der Waals surface area contributed by atoms with Gasteiger partial charge in [-0.3, -0.25) is 4.79 Å². The minimum absolute atomic E-state index is 0.0323. The van der Waals surface area contributed by atoms with Gasteiger partial charge in [0.1, 0.15) is 10.7 Å². The Kier molecular flexibility index (Phi) is 4.66.